The van der Waals surface area contributed by atoms with Gasteiger partial charge in [0.05, 0.1) is 11.5 Å². The number of hydrogen-bond acceptors (Lipinski definition) is 6. The number of carbonyl (C=O) groups excluding carboxylic acids is 1. The van der Waals surface area contributed by atoms with E-state index >= 15 is 0 Å². The minimum Gasteiger partial charge on any atom is -0.455 e. The predicted octanol–water partition coefficient (Wildman–Crippen LogP) is 5.26. The Balaban J connectivity index is 1.36. The molecule has 1 saturated heterocycles. The summed E-state index contributed by atoms with van der Waals surface area (Å²) >= 11 is 0. The van der Waals surface area contributed by atoms with Crippen LogP contribution < -0.4 is 4.90 Å². The van der Waals surface area contributed by atoms with Crippen molar-refractivity contribution in [1.29, 1.82) is 0 Å². The highest BCUT2D eigenvalue weighted by atomic mass is 16.6. The summed E-state index contributed by atoms with van der Waals surface area (Å²) in [5.41, 5.74) is 3.40. The van der Waals surface area contributed by atoms with Crippen LogP contribution in [0, 0.1) is 17.0 Å². The van der Waals surface area contributed by atoms with Gasteiger partial charge < -0.3 is 14.2 Å². The lowest BCUT2D eigenvalue weighted by Crippen LogP contribution is -2.48. The first kappa shape index (κ1) is 25.4. The van der Waals surface area contributed by atoms with E-state index < -0.39 is 4.92 Å². The second kappa shape index (κ2) is 10.5. The number of nitro groups is 1. The lowest BCUT2D eigenvalue weighted by molar-refractivity contribution is -0.384. The molecule has 1 amide bonds. The number of carbonyl (C=O) groups is 1. The van der Waals surface area contributed by atoms with Crippen LogP contribution in [0.4, 0.5) is 11.4 Å². The molecule has 0 bridgehead atoms. The van der Waals surface area contributed by atoms with Crippen LogP contribution in [0.2, 0.25) is 0 Å². The number of anilines is 1. The summed E-state index contributed by atoms with van der Waals surface area (Å²) in [6.45, 7) is 12.5. The fourth-order valence-electron chi connectivity index (χ4n) is 4.32. The van der Waals surface area contributed by atoms with E-state index in [2.05, 4.69) is 61.8 Å². The van der Waals surface area contributed by atoms with Gasteiger partial charge in [0.2, 0.25) is 0 Å². The second-order valence-corrected chi connectivity index (χ2v) is 10.3. The first-order valence-corrected chi connectivity index (χ1v) is 12.3. The molecule has 8 heteroatoms. The fraction of sp³-hybridized carbons (Fsp3) is 0.393. The van der Waals surface area contributed by atoms with E-state index in [0.717, 1.165) is 18.0 Å². The number of furan rings is 1. The maximum Gasteiger partial charge on any atom is 0.289 e. The fourth-order valence-corrected chi connectivity index (χ4v) is 4.32. The molecule has 0 unspecified atom stereocenters. The first-order chi connectivity index (χ1) is 17.1. The van der Waals surface area contributed by atoms with E-state index in [1.807, 2.05) is 6.07 Å². The number of rotatable bonds is 7. The Morgan fingerprint density at radius 1 is 0.944 bits per heavy atom. The van der Waals surface area contributed by atoms with Crippen LogP contribution in [-0.2, 0) is 13.1 Å². The molecule has 0 aliphatic carbocycles. The topological polar surface area (TPSA) is 83.1 Å². The molecule has 0 N–H and O–H groups in total. The molecular formula is C28H34N4O4. The van der Waals surface area contributed by atoms with Crippen molar-refractivity contribution in [3.8, 4) is 0 Å². The number of non-ortho nitro benzene ring substituents is 1. The number of hydrogen-bond donors (Lipinski definition) is 0. The molecule has 1 fully saturated rings. The van der Waals surface area contributed by atoms with Crippen LogP contribution in [0.5, 0.6) is 0 Å². The highest BCUT2D eigenvalue weighted by Crippen LogP contribution is 2.24. The molecule has 0 saturated carbocycles. The minimum atomic E-state index is -0.402. The number of amides is 1. The number of nitrogens with zero attached hydrogens (tertiary/aromatic N) is 4. The van der Waals surface area contributed by atoms with Gasteiger partial charge in [-0.3, -0.25) is 19.8 Å². The Kier molecular flexibility index (Phi) is 7.45. The van der Waals surface area contributed by atoms with Gasteiger partial charge in [-0.05, 0) is 57.5 Å². The van der Waals surface area contributed by atoms with Crippen molar-refractivity contribution in [2.45, 2.75) is 46.3 Å². The Morgan fingerprint density at radius 3 is 2.17 bits per heavy atom. The first-order valence-electron chi connectivity index (χ1n) is 12.3. The molecule has 190 valence electrons. The van der Waals surface area contributed by atoms with E-state index in [1.165, 1.54) is 23.3 Å². The van der Waals surface area contributed by atoms with E-state index in [9.17, 15) is 14.9 Å². The van der Waals surface area contributed by atoms with Gasteiger partial charge >= 0.3 is 0 Å². The summed E-state index contributed by atoms with van der Waals surface area (Å²) in [6, 6.07) is 18.8. The van der Waals surface area contributed by atoms with Gasteiger partial charge in [0.15, 0.2) is 5.76 Å². The molecule has 2 aromatic carbocycles. The van der Waals surface area contributed by atoms with Crippen molar-refractivity contribution < 1.29 is 14.1 Å². The standard InChI is InChI=1S/C28H34N4O4/c1-21-5-7-22(8-6-21)19-31(28(2,3)4)20-25-13-14-26(36-25)27(33)30-17-15-29(16-18-30)23-9-11-24(12-10-23)32(34)35/h5-14H,15-20H2,1-4H3. The Morgan fingerprint density at radius 2 is 1.58 bits per heavy atom. The van der Waals surface area contributed by atoms with Crippen molar-refractivity contribution >= 4 is 17.3 Å². The average Bonchev–Trinajstić information content (AvgIpc) is 3.33. The lowest BCUT2D eigenvalue weighted by atomic mass is 10.0. The van der Waals surface area contributed by atoms with Crippen LogP contribution in [0.1, 0.15) is 48.2 Å². The summed E-state index contributed by atoms with van der Waals surface area (Å²) < 4.78 is 6.02. The maximum absolute atomic E-state index is 13.1. The second-order valence-electron chi connectivity index (χ2n) is 10.3. The van der Waals surface area contributed by atoms with Crippen LogP contribution in [0.15, 0.2) is 65.1 Å². The Bertz CT molecular complexity index is 1190. The molecule has 0 radical (unpaired) electrons. The van der Waals surface area contributed by atoms with Gasteiger partial charge in [0.1, 0.15) is 5.76 Å². The summed E-state index contributed by atoms with van der Waals surface area (Å²) in [5.74, 6) is 1.02. The third-order valence-corrected chi connectivity index (χ3v) is 6.65. The number of nitro benzene ring substituents is 1. The third-order valence-electron chi connectivity index (χ3n) is 6.65. The van der Waals surface area contributed by atoms with E-state index in [1.54, 1.807) is 23.1 Å². The summed E-state index contributed by atoms with van der Waals surface area (Å²) in [6.07, 6.45) is 0. The SMILES string of the molecule is Cc1ccc(CN(Cc2ccc(C(=O)N3CCN(c4ccc([N+](=O)[O-])cc4)CC3)o2)C(C)(C)C)cc1. The smallest absolute Gasteiger partial charge is 0.289 e. The minimum absolute atomic E-state index is 0.0734. The normalized spacial score (nSPS) is 14.4. The zero-order chi connectivity index (χ0) is 25.9. The zero-order valence-electron chi connectivity index (χ0n) is 21.4. The van der Waals surface area contributed by atoms with Crippen LogP contribution >= 0.6 is 0 Å². The van der Waals surface area contributed by atoms with Crippen LogP contribution in [0.25, 0.3) is 0 Å². The number of piperazine rings is 1. The monoisotopic (exact) mass is 490 g/mol. The van der Waals surface area contributed by atoms with Gasteiger partial charge in [-0.15, -0.1) is 0 Å². The quantitative estimate of drug-likeness (QED) is 0.332. The summed E-state index contributed by atoms with van der Waals surface area (Å²) in [4.78, 5) is 29.9. The van der Waals surface area contributed by atoms with Gasteiger partial charge in [0, 0.05) is 56.1 Å². The Labute approximate surface area is 212 Å². The van der Waals surface area contributed by atoms with Crippen LogP contribution in [0.3, 0.4) is 0 Å². The summed E-state index contributed by atoms with van der Waals surface area (Å²) in [7, 11) is 0. The van der Waals surface area contributed by atoms with Crippen LogP contribution in [-0.4, -0.2) is 52.3 Å². The molecule has 3 aromatic rings. The Hall–Kier alpha value is -3.65. The third kappa shape index (κ3) is 6.12. The highest BCUT2D eigenvalue weighted by molar-refractivity contribution is 5.91. The predicted molar refractivity (Wildman–Crippen MR) is 140 cm³/mol. The van der Waals surface area contributed by atoms with Crippen molar-refractivity contribution in [1.82, 2.24) is 9.80 Å². The molecule has 8 nitrogen and oxygen atoms in total. The van der Waals surface area contributed by atoms with Gasteiger partial charge in [0.25, 0.3) is 11.6 Å². The molecule has 0 atom stereocenters. The maximum atomic E-state index is 13.1. The molecule has 1 aliphatic rings. The number of benzene rings is 2. The molecule has 0 spiro atoms. The van der Waals surface area contributed by atoms with Crippen molar-refractivity contribution in [2.75, 3.05) is 31.1 Å². The van der Waals surface area contributed by atoms with E-state index in [0.29, 0.717) is 38.5 Å². The van der Waals surface area contributed by atoms with Crippen molar-refractivity contribution in [3.63, 3.8) is 0 Å². The van der Waals surface area contributed by atoms with Gasteiger partial charge in [-0.1, -0.05) is 29.8 Å². The zero-order valence-corrected chi connectivity index (χ0v) is 21.4. The molecule has 2 heterocycles. The lowest BCUT2D eigenvalue weighted by Gasteiger charge is -2.36. The largest absolute Gasteiger partial charge is 0.455 e. The highest BCUT2D eigenvalue weighted by Gasteiger charge is 2.27. The molecule has 4 rings (SSSR count). The molecule has 1 aromatic heterocycles. The molecule has 36 heavy (non-hydrogen) atoms. The number of aryl methyl sites for hydroxylation is 1. The van der Waals surface area contributed by atoms with E-state index in [-0.39, 0.29) is 17.1 Å². The van der Waals surface area contributed by atoms with E-state index in [4.69, 9.17) is 4.42 Å². The summed E-state index contributed by atoms with van der Waals surface area (Å²) in [5, 5.41) is 10.9. The molecular weight excluding hydrogens is 456 g/mol. The van der Waals surface area contributed by atoms with Gasteiger partial charge in [-0.25, -0.2) is 0 Å². The van der Waals surface area contributed by atoms with Crippen molar-refractivity contribution in [2.24, 2.45) is 0 Å². The van der Waals surface area contributed by atoms with Gasteiger partial charge in [-0.2, -0.15) is 0 Å². The average molecular weight is 491 g/mol. The molecule has 1 aliphatic heterocycles. The van der Waals surface area contributed by atoms with Crippen molar-refractivity contribution in [3.05, 3.63) is 93.4 Å².